The van der Waals surface area contributed by atoms with Gasteiger partial charge in [0.15, 0.2) is 17.6 Å². The summed E-state index contributed by atoms with van der Waals surface area (Å²) in [7, 11) is 0. The highest BCUT2D eigenvalue weighted by molar-refractivity contribution is 5.57. The summed E-state index contributed by atoms with van der Waals surface area (Å²) < 4.78 is 11.8. The van der Waals surface area contributed by atoms with Crippen molar-refractivity contribution in [1.82, 2.24) is 0 Å². The van der Waals surface area contributed by atoms with Crippen LogP contribution in [0, 0.1) is 0 Å². The zero-order chi connectivity index (χ0) is 12.7. The molecule has 3 nitrogen and oxygen atoms in total. The van der Waals surface area contributed by atoms with Crippen molar-refractivity contribution in [2.24, 2.45) is 0 Å². The molecule has 4 rings (SSSR count). The fraction of sp³-hybridized carbons (Fsp3) is 0.250. The summed E-state index contributed by atoms with van der Waals surface area (Å²) >= 11 is 0. The molecule has 19 heavy (non-hydrogen) atoms. The van der Waals surface area contributed by atoms with E-state index in [4.69, 9.17) is 9.47 Å². The van der Waals surface area contributed by atoms with Crippen molar-refractivity contribution in [3.63, 3.8) is 0 Å². The van der Waals surface area contributed by atoms with Gasteiger partial charge in [0.05, 0.1) is 0 Å². The van der Waals surface area contributed by atoms with Gasteiger partial charge in [0.1, 0.15) is 6.61 Å². The molecular formula is C16H15NO2. The average molecular weight is 253 g/mol. The van der Waals surface area contributed by atoms with Crippen LogP contribution >= 0.6 is 0 Å². The number of nitrogens with one attached hydrogen (secondary N) is 1. The van der Waals surface area contributed by atoms with Gasteiger partial charge in [0.25, 0.3) is 0 Å². The zero-order valence-corrected chi connectivity index (χ0v) is 10.6. The van der Waals surface area contributed by atoms with Crippen molar-refractivity contribution in [2.45, 2.75) is 12.5 Å². The molecule has 1 atom stereocenters. The molecule has 3 heteroatoms. The topological polar surface area (TPSA) is 30.5 Å². The molecule has 2 aliphatic rings. The summed E-state index contributed by atoms with van der Waals surface area (Å²) in [5.41, 5.74) is 3.79. The Hall–Kier alpha value is -2.16. The Morgan fingerprint density at radius 2 is 1.95 bits per heavy atom. The van der Waals surface area contributed by atoms with Gasteiger partial charge in [-0.3, -0.25) is 0 Å². The molecule has 1 unspecified atom stereocenters. The molecule has 0 saturated carbocycles. The van der Waals surface area contributed by atoms with E-state index in [1.54, 1.807) is 0 Å². The Kier molecular flexibility index (Phi) is 2.37. The van der Waals surface area contributed by atoms with Crippen LogP contribution in [-0.2, 0) is 6.42 Å². The van der Waals surface area contributed by atoms with E-state index in [0.717, 1.165) is 24.5 Å². The Morgan fingerprint density at radius 3 is 2.89 bits per heavy atom. The number of ether oxygens (including phenoxy) is 2. The lowest BCUT2D eigenvalue weighted by atomic mass is 10.0. The van der Waals surface area contributed by atoms with Crippen LogP contribution in [0.15, 0.2) is 42.5 Å². The molecule has 0 saturated heterocycles. The number of benzene rings is 2. The van der Waals surface area contributed by atoms with E-state index in [2.05, 4.69) is 23.5 Å². The van der Waals surface area contributed by atoms with Gasteiger partial charge in [-0.2, -0.15) is 0 Å². The van der Waals surface area contributed by atoms with Crippen molar-refractivity contribution < 1.29 is 9.47 Å². The van der Waals surface area contributed by atoms with Gasteiger partial charge in [0.2, 0.25) is 0 Å². The SMILES string of the molecule is c1ccc2c(c1)OCC(c1ccc3c(c1)NCC3)O2. The maximum absolute atomic E-state index is 6.02. The molecule has 1 N–H and O–H groups in total. The Bertz CT molecular complexity index is 624. The van der Waals surface area contributed by atoms with Crippen LogP contribution in [0.3, 0.4) is 0 Å². The van der Waals surface area contributed by atoms with Gasteiger partial charge in [-0.05, 0) is 35.7 Å². The smallest absolute Gasteiger partial charge is 0.162 e. The molecule has 2 aliphatic heterocycles. The summed E-state index contributed by atoms with van der Waals surface area (Å²) in [5, 5.41) is 3.40. The highest BCUT2D eigenvalue weighted by Gasteiger charge is 2.23. The van der Waals surface area contributed by atoms with Crippen molar-refractivity contribution >= 4 is 5.69 Å². The predicted molar refractivity (Wildman–Crippen MR) is 73.9 cm³/mol. The number of rotatable bonds is 1. The Labute approximate surface area is 112 Å². The molecule has 2 aromatic rings. The van der Waals surface area contributed by atoms with E-state index in [9.17, 15) is 0 Å². The standard InChI is InChI=1S/C16H15NO2/c1-2-4-15-14(3-1)18-10-16(19-15)12-6-5-11-7-8-17-13(11)9-12/h1-6,9,16-17H,7-8,10H2. The highest BCUT2D eigenvalue weighted by Crippen LogP contribution is 2.37. The number of hydrogen-bond acceptors (Lipinski definition) is 3. The molecule has 0 spiro atoms. The van der Waals surface area contributed by atoms with E-state index in [-0.39, 0.29) is 6.10 Å². The van der Waals surface area contributed by atoms with Crippen LogP contribution in [0.1, 0.15) is 17.2 Å². The summed E-state index contributed by atoms with van der Waals surface area (Å²) in [6, 6.07) is 14.3. The largest absolute Gasteiger partial charge is 0.485 e. The Balaban J connectivity index is 1.64. The third kappa shape index (κ3) is 1.82. The van der Waals surface area contributed by atoms with Crippen LogP contribution in [0.25, 0.3) is 0 Å². The molecule has 0 aromatic heterocycles. The van der Waals surface area contributed by atoms with Crippen molar-refractivity contribution in [3.8, 4) is 11.5 Å². The van der Waals surface area contributed by atoms with Gasteiger partial charge in [0, 0.05) is 12.2 Å². The van der Waals surface area contributed by atoms with Gasteiger partial charge >= 0.3 is 0 Å². The zero-order valence-electron chi connectivity index (χ0n) is 10.6. The first kappa shape index (κ1) is 10.7. The lowest BCUT2D eigenvalue weighted by molar-refractivity contribution is 0.0913. The van der Waals surface area contributed by atoms with Crippen LogP contribution in [0.4, 0.5) is 5.69 Å². The first-order chi connectivity index (χ1) is 9.40. The number of hydrogen-bond donors (Lipinski definition) is 1. The summed E-state index contributed by atoms with van der Waals surface area (Å²) in [6.45, 7) is 1.60. The third-order valence-corrected chi connectivity index (χ3v) is 3.72. The monoisotopic (exact) mass is 253 g/mol. The number of fused-ring (bicyclic) bond motifs is 2. The van der Waals surface area contributed by atoms with E-state index >= 15 is 0 Å². The minimum absolute atomic E-state index is 0.0254. The molecule has 96 valence electrons. The van der Waals surface area contributed by atoms with Gasteiger partial charge < -0.3 is 14.8 Å². The molecule has 2 heterocycles. The normalized spacial score (nSPS) is 19.7. The molecular weight excluding hydrogens is 238 g/mol. The van der Waals surface area contributed by atoms with Crippen molar-refractivity contribution in [2.75, 3.05) is 18.5 Å². The molecule has 2 aromatic carbocycles. The van der Waals surface area contributed by atoms with E-state index in [1.807, 2.05) is 24.3 Å². The minimum Gasteiger partial charge on any atom is -0.485 e. The first-order valence-corrected chi connectivity index (χ1v) is 6.65. The average Bonchev–Trinajstić information content (AvgIpc) is 2.94. The molecule has 0 bridgehead atoms. The first-order valence-electron chi connectivity index (χ1n) is 6.65. The van der Waals surface area contributed by atoms with Gasteiger partial charge in [-0.25, -0.2) is 0 Å². The van der Waals surface area contributed by atoms with E-state index < -0.39 is 0 Å². The van der Waals surface area contributed by atoms with E-state index in [0.29, 0.717) is 6.61 Å². The lowest BCUT2D eigenvalue weighted by Crippen LogP contribution is -2.21. The molecule has 0 amide bonds. The number of para-hydroxylation sites is 2. The fourth-order valence-corrected chi connectivity index (χ4v) is 2.69. The molecule has 0 fully saturated rings. The predicted octanol–water partition coefficient (Wildman–Crippen LogP) is 3.17. The van der Waals surface area contributed by atoms with Crippen LogP contribution < -0.4 is 14.8 Å². The second-order valence-electron chi connectivity index (χ2n) is 4.96. The van der Waals surface area contributed by atoms with Gasteiger partial charge in [-0.1, -0.05) is 24.3 Å². The number of anilines is 1. The summed E-state index contributed by atoms with van der Waals surface area (Å²) in [5.74, 6) is 1.66. The fourth-order valence-electron chi connectivity index (χ4n) is 2.69. The van der Waals surface area contributed by atoms with E-state index in [1.165, 1.54) is 16.8 Å². The maximum Gasteiger partial charge on any atom is 0.162 e. The van der Waals surface area contributed by atoms with Crippen LogP contribution in [-0.4, -0.2) is 13.2 Å². The lowest BCUT2D eigenvalue weighted by Gasteiger charge is -2.27. The quantitative estimate of drug-likeness (QED) is 0.846. The van der Waals surface area contributed by atoms with Crippen molar-refractivity contribution in [3.05, 3.63) is 53.6 Å². The molecule has 0 radical (unpaired) electrons. The van der Waals surface area contributed by atoms with Crippen LogP contribution in [0.2, 0.25) is 0 Å². The maximum atomic E-state index is 6.02. The third-order valence-electron chi connectivity index (χ3n) is 3.72. The van der Waals surface area contributed by atoms with Gasteiger partial charge in [-0.15, -0.1) is 0 Å². The summed E-state index contributed by atoms with van der Waals surface area (Å²) in [6.07, 6.45) is 1.09. The minimum atomic E-state index is -0.0254. The highest BCUT2D eigenvalue weighted by atomic mass is 16.6. The summed E-state index contributed by atoms with van der Waals surface area (Å²) in [4.78, 5) is 0. The molecule has 0 aliphatic carbocycles. The Morgan fingerprint density at radius 1 is 1.05 bits per heavy atom. The second kappa shape index (κ2) is 4.19. The van der Waals surface area contributed by atoms with Crippen molar-refractivity contribution in [1.29, 1.82) is 0 Å². The van der Waals surface area contributed by atoms with Crippen LogP contribution in [0.5, 0.6) is 11.5 Å². The second-order valence-corrected chi connectivity index (χ2v) is 4.96.